The van der Waals surface area contributed by atoms with Crippen molar-refractivity contribution in [3.8, 4) is 0 Å². The zero-order valence-electron chi connectivity index (χ0n) is 12.0. The number of nitrogens with zero attached hydrogens (tertiary/aromatic N) is 2. The Bertz CT molecular complexity index is 423. The van der Waals surface area contributed by atoms with Crippen molar-refractivity contribution >= 4 is 11.6 Å². The normalized spacial score (nSPS) is 22.5. The van der Waals surface area contributed by atoms with Crippen molar-refractivity contribution in [1.82, 2.24) is 15.1 Å². The first-order chi connectivity index (χ1) is 9.02. The molecule has 1 saturated heterocycles. The van der Waals surface area contributed by atoms with E-state index in [0.29, 0.717) is 5.15 Å². The number of rotatable bonds is 3. The minimum atomic E-state index is -0.573. The van der Waals surface area contributed by atoms with Gasteiger partial charge < -0.3 is 10.4 Å². The summed E-state index contributed by atoms with van der Waals surface area (Å²) < 4.78 is 1.66. The Balaban J connectivity index is 2.28. The van der Waals surface area contributed by atoms with Crippen LogP contribution in [-0.2, 0) is 7.05 Å². The molecule has 1 aliphatic heterocycles. The first kappa shape index (κ1) is 14.8. The van der Waals surface area contributed by atoms with Gasteiger partial charge in [-0.2, -0.15) is 5.10 Å². The fourth-order valence-electron chi connectivity index (χ4n) is 2.77. The van der Waals surface area contributed by atoms with Crippen LogP contribution in [0.5, 0.6) is 0 Å². The lowest BCUT2D eigenvalue weighted by atomic mass is 9.95. The van der Waals surface area contributed by atoms with Crippen LogP contribution in [0.1, 0.15) is 62.8 Å². The van der Waals surface area contributed by atoms with Crippen LogP contribution in [0.2, 0.25) is 5.15 Å². The molecule has 0 saturated carbocycles. The highest BCUT2D eigenvalue weighted by Gasteiger charge is 2.29. The smallest absolute Gasteiger partial charge is 0.132 e. The van der Waals surface area contributed by atoms with Gasteiger partial charge in [0.05, 0.1) is 11.8 Å². The van der Waals surface area contributed by atoms with E-state index in [1.54, 1.807) is 4.68 Å². The molecule has 0 spiro atoms. The van der Waals surface area contributed by atoms with E-state index < -0.39 is 6.10 Å². The maximum absolute atomic E-state index is 10.7. The van der Waals surface area contributed by atoms with Crippen LogP contribution in [0.4, 0.5) is 0 Å². The third kappa shape index (κ3) is 3.12. The number of aromatic nitrogens is 2. The Hall–Kier alpha value is -0.580. The molecular formula is C14H24ClN3O. The second-order valence-electron chi connectivity index (χ2n) is 5.72. The molecule has 2 heterocycles. The lowest BCUT2D eigenvalue weighted by Gasteiger charge is -2.23. The molecule has 108 valence electrons. The molecule has 4 nitrogen and oxygen atoms in total. The number of aliphatic hydroxyl groups excluding tert-OH is 1. The highest BCUT2D eigenvalue weighted by molar-refractivity contribution is 6.30. The number of nitrogens with one attached hydrogen (secondary N) is 1. The molecule has 5 heteroatoms. The number of aryl methyl sites for hydroxylation is 1. The van der Waals surface area contributed by atoms with Gasteiger partial charge in [-0.25, -0.2) is 0 Å². The van der Waals surface area contributed by atoms with Gasteiger partial charge in [0.1, 0.15) is 5.15 Å². The summed E-state index contributed by atoms with van der Waals surface area (Å²) in [6, 6.07) is 0.0849. The minimum Gasteiger partial charge on any atom is -0.387 e. The van der Waals surface area contributed by atoms with Crippen molar-refractivity contribution in [3.63, 3.8) is 0 Å². The largest absolute Gasteiger partial charge is 0.387 e. The van der Waals surface area contributed by atoms with Gasteiger partial charge >= 0.3 is 0 Å². The summed E-state index contributed by atoms with van der Waals surface area (Å²) in [5.74, 6) is 0.258. The number of halogens is 1. The number of hydrogen-bond donors (Lipinski definition) is 2. The molecule has 0 aromatic carbocycles. The monoisotopic (exact) mass is 285 g/mol. The summed E-state index contributed by atoms with van der Waals surface area (Å²) in [4.78, 5) is 0. The molecule has 1 aromatic heterocycles. The van der Waals surface area contributed by atoms with Crippen LogP contribution in [0.25, 0.3) is 0 Å². The SMILES string of the molecule is CC(C)c1nn(C)c(Cl)c1C(O)C1CCCCCN1. The first-order valence-electron chi connectivity index (χ1n) is 7.16. The lowest BCUT2D eigenvalue weighted by molar-refractivity contribution is 0.125. The molecule has 0 bridgehead atoms. The van der Waals surface area contributed by atoms with E-state index >= 15 is 0 Å². The highest BCUT2D eigenvalue weighted by atomic mass is 35.5. The predicted octanol–water partition coefficient (Wildman–Crippen LogP) is 2.76. The fourth-order valence-corrected chi connectivity index (χ4v) is 3.01. The lowest BCUT2D eigenvalue weighted by Crippen LogP contribution is -2.34. The average Bonchev–Trinajstić information content (AvgIpc) is 2.60. The van der Waals surface area contributed by atoms with Crippen LogP contribution < -0.4 is 5.32 Å². The molecular weight excluding hydrogens is 262 g/mol. The van der Waals surface area contributed by atoms with E-state index in [2.05, 4.69) is 24.3 Å². The van der Waals surface area contributed by atoms with Crippen molar-refractivity contribution in [2.45, 2.75) is 57.6 Å². The summed E-state index contributed by atoms with van der Waals surface area (Å²) >= 11 is 6.33. The summed E-state index contributed by atoms with van der Waals surface area (Å²) in [7, 11) is 1.82. The van der Waals surface area contributed by atoms with E-state index in [-0.39, 0.29) is 12.0 Å². The fraction of sp³-hybridized carbons (Fsp3) is 0.786. The molecule has 1 aliphatic rings. The first-order valence-corrected chi connectivity index (χ1v) is 7.54. The summed E-state index contributed by atoms with van der Waals surface area (Å²) in [5, 5.41) is 19.1. The van der Waals surface area contributed by atoms with Crippen molar-refractivity contribution in [3.05, 3.63) is 16.4 Å². The van der Waals surface area contributed by atoms with E-state index in [0.717, 1.165) is 30.6 Å². The number of hydrogen-bond acceptors (Lipinski definition) is 3. The quantitative estimate of drug-likeness (QED) is 0.898. The van der Waals surface area contributed by atoms with Gasteiger partial charge in [0, 0.05) is 18.7 Å². The Morgan fingerprint density at radius 2 is 2.11 bits per heavy atom. The molecule has 0 radical (unpaired) electrons. The summed E-state index contributed by atoms with van der Waals surface area (Å²) in [5.41, 5.74) is 1.71. The zero-order valence-corrected chi connectivity index (χ0v) is 12.7. The van der Waals surface area contributed by atoms with E-state index in [9.17, 15) is 5.11 Å². The van der Waals surface area contributed by atoms with Crippen molar-refractivity contribution in [2.24, 2.45) is 7.05 Å². The summed E-state index contributed by atoms with van der Waals surface area (Å²) in [6.07, 6.45) is 3.99. The zero-order chi connectivity index (χ0) is 14.0. The van der Waals surface area contributed by atoms with Crippen LogP contribution in [0, 0.1) is 0 Å². The van der Waals surface area contributed by atoms with Gasteiger partial charge in [-0.1, -0.05) is 38.3 Å². The van der Waals surface area contributed by atoms with Crippen molar-refractivity contribution in [1.29, 1.82) is 0 Å². The molecule has 19 heavy (non-hydrogen) atoms. The summed E-state index contributed by atoms with van der Waals surface area (Å²) in [6.45, 7) is 5.13. The van der Waals surface area contributed by atoms with Gasteiger partial charge in [0.25, 0.3) is 0 Å². The van der Waals surface area contributed by atoms with Crippen LogP contribution in [0.15, 0.2) is 0 Å². The molecule has 0 amide bonds. The van der Waals surface area contributed by atoms with E-state index in [1.807, 2.05) is 7.05 Å². The van der Waals surface area contributed by atoms with E-state index in [4.69, 9.17) is 11.6 Å². The molecule has 1 aromatic rings. The highest BCUT2D eigenvalue weighted by Crippen LogP contribution is 2.34. The van der Waals surface area contributed by atoms with Crippen molar-refractivity contribution in [2.75, 3.05) is 6.54 Å². The van der Waals surface area contributed by atoms with Crippen LogP contribution in [0.3, 0.4) is 0 Å². The Kier molecular flexibility index (Phi) is 4.87. The Morgan fingerprint density at radius 1 is 1.37 bits per heavy atom. The minimum absolute atomic E-state index is 0.0849. The Morgan fingerprint density at radius 3 is 2.79 bits per heavy atom. The van der Waals surface area contributed by atoms with E-state index in [1.165, 1.54) is 12.8 Å². The molecule has 1 fully saturated rings. The predicted molar refractivity (Wildman–Crippen MR) is 77.5 cm³/mol. The van der Waals surface area contributed by atoms with Gasteiger partial charge in [-0.3, -0.25) is 4.68 Å². The van der Waals surface area contributed by atoms with Gasteiger partial charge in [-0.05, 0) is 25.3 Å². The average molecular weight is 286 g/mol. The second-order valence-corrected chi connectivity index (χ2v) is 6.08. The van der Waals surface area contributed by atoms with Crippen LogP contribution in [-0.4, -0.2) is 27.5 Å². The molecule has 2 rings (SSSR count). The molecule has 2 atom stereocenters. The Labute approximate surface area is 120 Å². The molecule has 2 unspecified atom stereocenters. The maximum Gasteiger partial charge on any atom is 0.132 e. The standard InChI is InChI=1S/C14H24ClN3O/c1-9(2)12-11(14(15)18(3)17-12)13(19)10-7-5-4-6-8-16-10/h9-10,13,16,19H,4-8H2,1-3H3. The third-order valence-corrected chi connectivity index (χ3v) is 4.31. The van der Waals surface area contributed by atoms with Gasteiger partial charge in [-0.15, -0.1) is 0 Å². The second kappa shape index (κ2) is 6.25. The topological polar surface area (TPSA) is 50.1 Å². The molecule has 0 aliphatic carbocycles. The number of aliphatic hydroxyl groups is 1. The van der Waals surface area contributed by atoms with Crippen LogP contribution >= 0.6 is 11.6 Å². The van der Waals surface area contributed by atoms with Gasteiger partial charge in [0.2, 0.25) is 0 Å². The third-order valence-electron chi connectivity index (χ3n) is 3.86. The molecule has 2 N–H and O–H groups in total. The van der Waals surface area contributed by atoms with Gasteiger partial charge in [0.15, 0.2) is 0 Å². The van der Waals surface area contributed by atoms with Crippen molar-refractivity contribution < 1.29 is 5.11 Å². The maximum atomic E-state index is 10.7.